The van der Waals surface area contributed by atoms with Crippen LogP contribution >= 0.6 is 90.7 Å². The smallest absolute Gasteiger partial charge is 0.0904 e. The molecule has 0 spiro atoms. The Bertz CT molecular complexity index is 2860. The summed E-state index contributed by atoms with van der Waals surface area (Å²) in [5.41, 5.74) is 5.88. The molecule has 8 rings (SSSR count). The number of thiophene rings is 4. The number of aromatic nitrogens is 4. The number of hydrogen-bond acceptors (Lipinski definition) is 12. The van der Waals surface area contributed by atoms with Gasteiger partial charge in [-0.1, -0.05) is 259 Å². The minimum absolute atomic E-state index is 1.12. The van der Waals surface area contributed by atoms with Crippen LogP contribution in [0.25, 0.3) is 57.8 Å². The van der Waals surface area contributed by atoms with Gasteiger partial charge in [0.1, 0.15) is 0 Å². The third-order valence-electron chi connectivity index (χ3n) is 17.8. The molecule has 8 aromatic rings. The van der Waals surface area contributed by atoms with Gasteiger partial charge in [-0.25, -0.2) is 19.9 Å². The Morgan fingerprint density at radius 1 is 0.261 bits per heavy atom. The zero-order chi connectivity index (χ0) is 62.0. The van der Waals surface area contributed by atoms with Gasteiger partial charge in [0.05, 0.1) is 60.7 Å². The Kier molecular flexibility index (Phi) is 35.7. The van der Waals surface area contributed by atoms with Crippen LogP contribution in [0, 0.1) is 27.7 Å². The van der Waals surface area contributed by atoms with Gasteiger partial charge in [-0.05, 0) is 102 Å². The molecule has 0 fully saturated rings. The monoisotopic (exact) mass is 1340 g/mol. The maximum Gasteiger partial charge on any atom is 0.0904 e. The van der Waals surface area contributed by atoms with E-state index < -0.39 is 0 Å². The van der Waals surface area contributed by atoms with E-state index in [1.807, 2.05) is 68.0 Å². The van der Waals surface area contributed by atoms with Crippen LogP contribution in [0.1, 0.15) is 327 Å². The molecule has 0 aromatic carbocycles. The van der Waals surface area contributed by atoms with Crippen LogP contribution < -0.4 is 0 Å². The fraction of sp³-hybridized carbons (Fsp3) is 0.684. The van der Waals surface area contributed by atoms with Crippen molar-refractivity contribution in [2.24, 2.45) is 0 Å². The van der Waals surface area contributed by atoms with Crippen LogP contribution in [0.2, 0.25) is 0 Å². The average Bonchev–Trinajstić information content (AvgIpc) is 2.09. The lowest BCUT2D eigenvalue weighted by molar-refractivity contribution is 0.555. The van der Waals surface area contributed by atoms with Crippen LogP contribution in [-0.4, -0.2) is 19.9 Å². The predicted molar refractivity (Wildman–Crippen MR) is 405 cm³/mol. The summed E-state index contributed by atoms with van der Waals surface area (Å²) < 4.78 is 5.98. The van der Waals surface area contributed by atoms with E-state index in [0.717, 1.165) is 12.8 Å². The van der Waals surface area contributed by atoms with Crippen molar-refractivity contribution in [3.8, 4) is 39.0 Å². The van der Waals surface area contributed by atoms with Crippen molar-refractivity contribution in [3.05, 3.63) is 67.1 Å². The highest BCUT2D eigenvalue weighted by Crippen LogP contribution is 2.52. The van der Waals surface area contributed by atoms with Crippen molar-refractivity contribution in [3.63, 3.8) is 0 Å². The SMILES string of the molecule is CCCCCCCCCCCCc1c(-c2cnc(C)s2)sc2c(CCCCCCCCCCCC)c(-c3cnc(C)s3)sc12.CCCCCCCCCCCCc1nc(C)sc1-c1cc2sc(-c3sc(C)nc3CCCCCCCCCCCC)cc2s1. The largest absolute Gasteiger partial charge is 0.249 e. The third-order valence-corrected chi connectivity index (χ3v) is 27.3. The van der Waals surface area contributed by atoms with E-state index in [1.165, 1.54) is 350 Å². The Morgan fingerprint density at radius 2 is 0.534 bits per heavy atom. The first-order valence-corrected chi connectivity index (χ1v) is 42.6. The summed E-state index contributed by atoms with van der Waals surface area (Å²) in [5.74, 6) is 0. The zero-order valence-electron chi connectivity index (χ0n) is 56.5. The summed E-state index contributed by atoms with van der Waals surface area (Å²) in [7, 11) is 0. The van der Waals surface area contributed by atoms with Gasteiger partial charge in [-0.2, -0.15) is 0 Å². The molecule has 0 aliphatic heterocycles. The number of fused-ring (bicyclic) bond motifs is 2. The van der Waals surface area contributed by atoms with E-state index in [0.29, 0.717) is 0 Å². The fourth-order valence-corrected chi connectivity index (χ4v) is 22.1. The van der Waals surface area contributed by atoms with Gasteiger partial charge < -0.3 is 0 Å². The molecule has 0 amide bonds. The van der Waals surface area contributed by atoms with E-state index in [9.17, 15) is 0 Å². The molecule has 488 valence electrons. The lowest BCUT2D eigenvalue weighted by Gasteiger charge is -2.05. The van der Waals surface area contributed by atoms with Gasteiger partial charge in [0.2, 0.25) is 0 Å². The van der Waals surface area contributed by atoms with Gasteiger partial charge in [-0.3, -0.25) is 0 Å². The molecule has 0 saturated heterocycles. The lowest BCUT2D eigenvalue weighted by Crippen LogP contribution is -1.89. The third kappa shape index (κ3) is 25.0. The summed E-state index contributed by atoms with van der Waals surface area (Å²) in [6.45, 7) is 17.8. The van der Waals surface area contributed by atoms with Crippen LogP contribution in [-0.2, 0) is 25.7 Å². The summed E-state index contributed by atoms with van der Waals surface area (Å²) in [4.78, 5) is 30.7. The van der Waals surface area contributed by atoms with Crippen LogP contribution in [0.3, 0.4) is 0 Å². The van der Waals surface area contributed by atoms with Gasteiger partial charge in [0.25, 0.3) is 0 Å². The molecular formula is C76H116N4S8. The van der Waals surface area contributed by atoms with Gasteiger partial charge >= 0.3 is 0 Å². The van der Waals surface area contributed by atoms with Gasteiger partial charge in [0, 0.05) is 40.9 Å². The molecule has 4 nitrogen and oxygen atoms in total. The number of nitrogens with zero attached hydrogens (tertiary/aromatic N) is 4. The Morgan fingerprint density at radius 3 is 0.807 bits per heavy atom. The summed E-state index contributed by atoms with van der Waals surface area (Å²) >= 11 is 15.6. The lowest BCUT2D eigenvalue weighted by atomic mass is 10.0. The highest BCUT2D eigenvalue weighted by Gasteiger charge is 2.25. The van der Waals surface area contributed by atoms with E-state index >= 15 is 0 Å². The molecule has 8 heterocycles. The van der Waals surface area contributed by atoms with Crippen molar-refractivity contribution < 1.29 is 0 Å². The number of thiazole rings is 4. The first kappa shape index (κ1) is 73.3. The second-order valence-corrected chi connectivity index (χ2v) is 34.7. The van der Waals surface area contributed by atoms with Crippen molar-refractivity contribution in [2.45, 2.75) is 338 Å². The molecule has 0 saturated carbocycles. The molecule has 0 aliphatic rings. The highest BCUT2D eigenvalue weighted by atomic mass is 32.1. The number of aryl methyl sites for hydroxylation is 8. The predicted octanol–water partition coefficient (Wildman–Crippen LogP) is 29.5. The van der Waals surface area contributed by atoms with Crippen LogP contribution in [0.4, 0.5) is 0 Å². The second kappa shape index (κ2) is 42.9. The molecule has 0 unspecified atom stereocenters. The Labute approximate surface area is 568 Å². The normalized spacial score (nSPS) is 11.8. The zero-order valence-corrected chi connectivity index (χ0v) is 63.0. The van der Waals surface area contributed by atoms with E-state index in [4.69, 9.17) is 9.97 Å². The van der Waals surface area contributed by atoms with Crippen molar-refractivity contribution in [1.82, 2.24) is 19.9 Å². The summed E-state index contributed by atoms with van der Waals surface area (Å²) in [6.07, 6.45) is 64.4. The molecule has 0 N–H and O–H groups in total. The van der Waals surface area contributed by atoms with Gasteiger partial charge in [-0.15, -0.1) is 90.7 Å². The molecule has 12 heteroatoms. The van der Waals surface area contributed by atoms with E-state index in [-0.39, 0.29) is 0 Å². The quantitative estimate of drug-likeness (QED) is 0.0357. The molecular weight excluding hydrogens is 1230 g/mol. The maximum atomic E-state index is 4.99. The van der Waals surface area contributed by atoms with E-state index in [1.54, 1.807) is 20.5 Å². The number of rotatable bonds is 48. The van der Waals surface area contributed by atoms with Gasteiger partial charge in [0.15, 0.2) is 0 Å². The maximum absolute atomic E-state index is 4.99. The number of unbranched alkanes of at least 4 members (excludes halogenated alkanes) is 36. The van der Waals surface area contributed by atoms with E-state index in [2.05, 4.69) is 113 Å². The topological polar surface area (TPSA) is 51.6 Å². The minimum atomic E-state index is 1.12. The number of hydrogen-bond donors (Lipinski definition) is 0. The summed E-state index contributed by atoms with van der Waals surface area (Å²) in [6, 6.07) is 4.89. The molecule has 8 aromatic heterocycles. The first-order chi connectivity index (χ1) is 43.2. The molecule has 0 radical (unpaired) electrons. The standard InChI is InChI=1S/2C38H58N2S4/c1-5-7-9-11-13-15-17-19-21-23-25-31-35(33-27-39-29(3)41-33)43-38-32(26-24-22-20-18-16-14-12-10-8-6-2)36(44-37(31)38)34-28-40-30(4)42-34;1-5-7-9-11-13-15-17-19-21-23-25-31-37(41-29(3)39-31)35-27-33-34(43-35)28-36(44-33)38-32(40-30(4)42-38)26-24-22-20-18-16-14-12-10-8-6-2/h2*27-28H,5-26H2,1-4H3. The average molecular weight is 1340 g/mol. The Hall–Kier alpha value is -2.16. The van der Waals surface area contributed by atoms with Crippen LogP contribution in [0.5, 0.6) is 0 Å². The molecule has 0 atom stereocenters. The second-order valence-electron chi connectivity index (χ2n) is 25.7. The van der Waals surface area contributed by atoms with Crippen LogP contribution in [0.15, 0.2) is 24.5 Å². The fourth-order valence-electron chi connectivity index (χ4n) is 12.7. The first-order valence-electron chi connectivity index (χ1n) is 36.1. The van der Waals surface area contributed by atoms with Crippen molar-refractivity contribution in [1.29, 1.82) is 0 Å². The minimum Gasteiger partial charge on any atom is -0.249 e. The van der Waals surface area contributed by atoms with Crippen molar-refractivity contribution in [2.75, 3.05) is 0 Å². The molecule has 0 aliphatic carbocycles. The Balaban J connectivity index is 0.000000251. The highest BCUT2D eigenvalue weighted by molar-refractivity contribution is 7.34. The summed E-state index contributed by atoms with van der Waals surface area (Å²) in [5, 5.41) is 4.76. The molecule has 88 heavy (non-hydrogen) atoms. The van der Waals surface area contributed by atoms with Crippen molar-refractivity contribution >= 4 is 109 Å². The molecule has 0 bridgehead atoms.